The van der Waals surface area contributed by atoms with Gasteiger partial charge >= 0.3 is 0 Å². The molecular formula is C19H17ClN4O. The molecule has 3 N–H and O–H groups in total. The van der Waals surface area contributed by atoms with E-state index in [-0.39, 0.29) is 12.3 Å². The van der Waals surface area contributed by atoms with E-state index in [0.29, 0.717) is 22.2 Å². The Balaban J connectivity index is 1.71. The van der Waals surface area contributed by atoms with Crippen LogP contribution in [0.2, 0.25) is 5.02 Å². The Labute approximate surface area is 150 Å². The molecule has 126 valence electrons. The fraction of sp³-hybridized carbons (Fsp3) is 0.105. The van der Waals surface area contributed by atoms with Crippen molar-refractivity contribution in [3.63, 3.8) is 0 Å². The van der Waals surface area contributed by atoms with Crippen LogP contribution >= 0.6 is 11.6 Å². The van der Waals surface area contributed by atoms with Gasteiger partial charge < -0.3 is 11.1 Å². The summed E-state index contributed by atoms with van der Waals surface area (Å²) in [6.07, 6.45) is 1.88. The number of benzene rings is 2. The predicted octanol–water partition coefficient (Wildman–Crippen LogP) is 3.87. The van der Waals surface area contributed by atoms with Crippen LogP contribution in [0.3, 0.4) is 0 Å². The van der Waals surface area contributed by atoms with E-state index in [0.717, 1.165) is 16.8 Å². The number of aromatic nitrogens is 2. The van der Waals surface area contributed by atoms with E-state index in [1.807, 2.05) is 43.3 Å². The largest absolute Gasteiger partial charge is 0.399 e. The third-order valence-corrected chi connectivity index (χ3v) is 3.94. The maximum Gasteiger partial charge on any atom is 0.229 e. The lowest BCUT2D eigenvalue weighted by atomic mass is 10.1. The molecule has 0 saturated heterocycles. The first-order valence-electron chi connectivity index (χ1n) is 7.75. The van der Waals surface area contributed by atoms with Gasteiger partial charge in [0.05, 0.1) is 24.0 Å². The van der Waals surface area contributed by atoms with E-state index in [1.54, 1.807) is 18.3 Å². The summed E-state index contributed by atoms with van der Waals surface area (Å²) >= 11 is 5.85. The van der Waals surface area contributed by atoms with Crippen LogP contribution in [0.4, 0.5) is 11.5 Å². The minimum Gasteiger partial charge on any atom is -0.399 e. The predicted molar refractivity (Wildman–Crippen MR) is 100 cm³/mol. The summed E-state index contributed by atoms with van der Waals surface area (Å²) in [5, 5.41) is 3.44. The number of nitrogen functional groups attached to an aromatic ring is 1. The molecule has 3 aromatic rings. The highest BCUT2D eigenvalue weighted by molar-refractivity contribution is 6.30. The van der Waals surface area contributed by atoms with Crippen LogP contribution in [-0.4, -0.2) is 15.9 Å². The molecule has 0 fully saturated rings. The van der Waals surface area contributed by atoms with Crippen LogP contribution in [0.25, 0.3) is 11.3 Å². The van der Waals surface area contributed by atoms with Crippen molar-refractivity contribution < 1.29 is 4.79 Å². The van der Waals surface area contributed by atoms with Gasteiger partial charge in [0, 0.05) is 16.3 Å². The molecule has 5 nitrogen and oxygen atoms in total. The number of amides is 1. The van der Waals surface area contributed by atoms with Gasteiger partial charge in [0.25, 0.3) is 0 Å². The first kappa shape index (κ1) is 16.9. The summed E-state index contributed by atoms with van der Waals surface area (Å²) in [7, 11) is 0. The lowest BCUT2D eigenvalue weighted by Gasteiger charge is -2.09. The zero-order chi connectivity index (χ0) is 17.8. The maximum absolute atomic E-state index is 12.2. The summed E-state index contributed by atoms with van der Waals surface area (Å²) in [6, 6.07) is 14.6. The Bertz CT molecular complexity index is 892. The smallest absolute Gasteiger partial charge is 0.229 e. The number of aryl methyl sites for hydroxylation is 1. The van der Waals surface area contributed by atoms with Crippen molar-refractivity contribution in [3.05, 3.63) is 71.0 Å². The fourth-order valence-electron chi connectivity index (χ4n) is 2.36. The van der Waals surface area contributed by atoms with E-state index in [4.69, 9.17) is 17.3 Å². The first-order chi connectivity index (χ1) is 12.0. The van der Waals surface area contributed by atoms with Gasteiger partial charge in [-0.25, -0.2) is 9.97 Å². The molecule has 1 heterocycles. The molecule has 0 aliphatic carbocycles. The van der Waals surface area contributed by atoms with Crippen LogP contribution in [0.1, 0.15) is 11.3 Å². The average molecular weight is 353 g/mol. The van der Waals surface area contributed by atoms with Gasteiger partial charge in [-0.05, 0) is 36.8 Å². The molecule has 2 aromatic carbocycles. The van der Waals surface area contributed by atoms with Crippen molar-refractivity contribution in [2.75, 3.05) is 11.1 Å². The van der Waals surface area contributed by atoms with Crippen LogP contribution in [0.5, 0.6) is 0 Å². The van der Waals surface area contributed by atoms with Crippen molar-refractivity contribution in [3.8, 4) is 11.3 Å². The summed E-state index contributed by atoms with van der Waals surface area (Å²) in [6.45, 7) is 1.81. The first-order valence-corrected chi connectivity index (χ1v) is 8.13. The molecule has 25 heavy (non-hydrogen) atoms. The third kappa shape index (κ3) is 4.33. The normalized spacial score (nSPS) is 10.5. The molecule has 0 aliphatic rings. The molecular weight excluding hydrogens is 336 g/mol. The van der Waals surface area contributed by atoms with Gasteiger partial charge in [-0.2, -0.15) is 0 Å². The zero-order valence-electron chi connectivity index (χ0n) is 13.7. The Morgan fingerprint density at radius 2 is 1.80 bits per heavy atom. The topological polar surface area (TPSA) is 80.9 Å². The highest BCUT2D eigenvalue weighted by Gasteiger charge is 2.10. The second kappa shape index (κ2) is 7.32. The van der Waals surface area contributed by atoms with E-state index < -0.39 is 0 Å². The summed E-state index contributed by atoms with van der Waals surface area (Å²) in [5.74, 6) is 0.304. The van der Waals surface area contributed by atoms with Crippen LogP contribution in [0.15, 0.2) is 54.7 Å². The minimum atomic E-state index is -0.153. The number of nitrogens with zero attached hydrogens (tertiary/aromatic N) is 2. The fourth-order valence-corrected chi connectivity index (χ4v) is 2.49. The molecule has 0 saturated carbocycles. The number of hydrogen-bond donors (Lipinski definition) is 2. The van der Waals surface area contributed by atoms with Crippen molar-refractivity contribution in [2.24, 2.45) is 0 Å². The summed E-state index contributed by atoms with van der Waals surface area (Å²) < 4.78 is 0. The molecule has 6 heteroatoms. The molecule has 0 radical (unpaired) electrons. The number of nitrogens with two attached hydrogens (primary N) is 1. The Morgan fingerprint density at radius 3 is 2.44 bits per heavy atom. The lowest BCUT2D eigenvalue weighted by Crippen LogP contribution is -2.16. The zero-order valence-corrected chi connectivity index (χ0v) is 14.4. The third-order valence-electron chi connectivity index (χ3n) is 3.69. The lowest BCUT2D eigenvalue weighted by molar-refractivity contribution is -0.115. The number of anilines is 2. The highest BCUT2D eigenvalue weighted by Crippen LogP contribution is 2.20. The van der Waals surface area contributed by atoms with Crippen molar-refractivity contribution in [1.29, 1.82) is 0 Å². The summed E-state index contributed by atoms with van der Waals surface area (Å²) in [4.78, 5) is 21.0. The molecule has 0 bridgehead atoms. The Hall–Kier alpha value is -2.92. The van der Waals surface area contributed by atoms with E-state index in [1.165, 1.54) is 0 Å². The second-order valence-corrected chi connectivity index (χ2v) is 6.10. The SMILES string of the molecule is Cc1nc(-c2ccc(N)cc2)cnc1NC(=O)Cc1ccc(Cl)cc1. The second-order valence-electron chi connectivity index (χ2n) is 5.66. The van der Waals surface area contributed by atoms with Crippen molar-refractivity contribution in [1.82, 2.24) is 9.97 Å². The van der Waals surface area contributed by atoms with Gasteiger partial charge in [0.15, 0.2) is 5.82 Å². The Morgan fingerprint density at radius 1 is 1.12 bits per heavy atom. The number of nitrogens with one attached hydrogen (secondary N) is 1. The van der Waals surface area contributed by atoms with Gasteiger partial charge in [0.1, 0.15) is 0 Å². The molecule has 0 unspecified atom stereocenters. The monoisotopic (exact) mass is 352 g/mol. The Kier molecular flexibility index (Phi) is 4.95. The van der Waals surface area contributed by atoms with E-state index >= 15 is 0 Å². The average Bonchev–Trinajstić information content (AvgIpc) is 2.59. The van der Waals surface area contributed by atoms with Crippen LogP contribution < -0.4 is 11.1 Å². The number of hydrogen-bond acceptors (Lipinski definition) is 4. The van der Waals surface area contributed by atoms with Gasteiger partial charge in [-0.15, -0.1) is 0 Å². The van der Waals surface area contributed by atoms with E-state index in [2.05, 4.69) is 15.3 Å². The summed E-state index contributed by atoms with van der Waals surface area (Å²) in [5.41, 5.74) is 9.57. The minimum absolute atomic E-state index is 0.153. The van der Waals surface area contributed by atoms with Gasteiger partial charge in [0.2, 0.25) is 5.91 Å². The molecule has 1 aromatic heterocycles. The quantitative estimate of drug-likeness (QED) is 0.698. The van der Waals surface area contributed by atoms with Crippen LogP contribution in [-0.2, 0) is 11.2 Å². The van der Waals surface area contributed by atoms with E-state index in [9.17, 15) is 4.79 Å². The van der Waals surface area contributed by atoms with Crippen molar-refractivity contribution >= 4 is 29.0 Å². The molecule has 0 atom stereocenters. The van der Waals surface area contributed by atoms with Crippen LogP contribution in [0, 0.1) is 6.92 Å². The molecule has 0 aliphatic heterocycles. The maximum atomic E-state index is 12.2. The van der Waals surface area contributed by atoms with Gasteiger partial charge in [-0.3, -0.25) is 4.79 Å². The standard InChI is InChI=1S/C19H17ClN4O/c1-12-19(24-18(25)10-13-2-6-15(20)7-3-13)22-11-17(23-12)14-4-8-16(21)9-5-14/h2-9,11H,10,21H2,1H3,(H,22,24,25). The molecule has 3 rings (SSSR count). The van der Waals surface area contributed by atoms with Crippen molar-refractivity contribution in [2.45, 2.75) is 13.3 Å². The highest BCUT2D eigenvalue weighted by atomic mass is 35.5. The molecule has 0 spiro atoms. The number of rotatable bonds is 4. The van der Waals surface area contributed by atoms with Gasteiger partial charge in [-0.1, -0.05) is 35.9 Å². The molecule has 1 amide bonds. The number of carbonyl (C=O) groups is 1. The number of carbonyl (C=O) groups excluding carboxylic acids is 1. The number of halogens is 1.